The standard InChI is InChI=1S/C9H8ClFS/c10-12-9-5-7-3-1-2-6(7)4-8(9)11/h4-5H,1-3H2. The van der Waals surface area contributed by atoms with Gasteiger partial charge in [-0.3, -0.25) is 0 Å². The average molecular weight is 203 g/mol. The third-order valence-electron chi connectivity index (χ3n) is 2.23. The topological polar surface area (TPSA) is 0 Å². The molecule has 0 atom stereocenters. The molecular formula is C9H8ClFS. The summed E-state index contributed by atoms with van der Waals surface area (Å²) in [5.74, 6) is -0.185. The predicted octanol–water partition coefficient (Wildman–Crippen LogP) is 3.56. The fourth-order valence-corrected chi connectivity index (χ4v) is 2.30. The molecule has 3 heteroatoms. The van der Waals surface area contributed by atoms with Gasteiger partial charge in [-0.2, -0.15) is 0 Å². The molecule has 1 aromatic rings. The van der Waals surface area contributed by atoms with E-state index in [9.17, 15) is 4.39 Å². The summed E-state index contributed by atoms with van der Waals surface area (Å²) in [6.07, 6.45) is 3.23. The zero-order valence-electron chi connectivity index (χ0n) is 6.44. The minimum Gasteiger partial charge on any atom is -0.206 e. The molecule has 0 saturated heterocycles. The highest BCUT2D eigenvalue weighted by atomic mass is 35.7. The zero-order valence-corrected chi connectivity index (χ0v) is 8.01. The second kappa shape index (κ2) is 3.27. The van der Waals surface area contributed by atoms with Gasteiger partial charge in [0.25, 0.3) is 0 Å². The first-order chi connectivity index (χ1) is 5.81. The van der Waals surface area contributed by atoms with Crippen molar-refractivity contribution in [1.82, 2.24) is 0 Å². The van der Waals surface area contributed by atoms with Crippen LogP contribution in [0.15, 0.2) is 17.0 Å². The van der Waals surface area contributed by atoms with Crippen LogP contribution in [0.4, 0.5) is 4.39 Å². The van der Waals surface area contributed by atoms with E-state index in [0.29, 0.717) is 4.90 Å². The van der Waals surface area contributed by atoms with Crippen LogP contribution in [0, 0.1) is 5.82 Å². The predicted molar refractivity (Wildman–Crippen MR) is 50.1 cm³/mol. The van der Waals surface area contributed by atoms with Crippen molar-refractivity contribution < 1.29 is 4.39 Å². The number of rotatable bonds is 1. The second-order valence-electron chi connectivity index (χ2n) is 2.98. The minimum atomic E-state index is -0.185. The number of aryl methyl sites for hydroxylation is 2. The summed E-state index contributed by atoms with van der Waals surface area (Å²) in [6, 6.07) is 3.49. The lowest BCUT2D eigenvalue weighted by molar-refractivity contribution is 0.600. The molecule has 0 spiro atoms. The van der Waals surface area contributed by atoms with Crippen LogP contribution in [-0.4, -0.2) is 0 Å². The van der Waals surface area contributed by atoms with Crippen LogP contribution in [0.2, 0.25) is 0 Å². The molecule has 0 aliphatic heterocycles. The lowest BCUT2D eigenvalue weighted by Crippen LogP contribution is -1.86. The van der Waals surface area contributed by atoms with Gasteiger partial charge in [-0.15, -0.1) is 0 Å². The van der Waals surface area contributed by atoms with Crippen molar-refractivity contribution >= 4 is 21.7 Å². The molecule has 0 saturated carbocycles. The summed E-state index contributed by atoms with van der Waals surface area (Å²) in [5, 5.41) is 0. The van der Waals surface area contributed by atoms with Crippen molar-refractivity contribution in [2.24, 2.45) is 0 Å². The maximum Gasteiger partial charge on any atom is 0.138 e. The Morgan fingerprint density at radius 2 is 1.92 bits per heavy atom. The van der Waals surface area contributed by atoms with Crippen LogP contribution in [-0.2, 0) is 12.8 Å². The second-order valence-corrected chi connectivity index (χ2v) is 4.04. The Bertz CT molecular complexity index is 311. The van der Waals surface area contributed by atoms with Gasteiger partial charge >= 0.3 is 0 Å². The molecule has 0 amide bonds. The molecule has 1 aromatic carbocycles. The van der Waals surface area contributed by atoms with Crippen molar-refractivity contribution in [2.45, 2.75) is 24.2 Å². The Kier molecular flexibility index (Phi) is 2.28. The first kappa shape index (κ1) is 8.39. The highest BCUT2D eigenvalue weighted by Crippen LogP contribution is 2.31. The van der Waals surface area contributed by atoms with Crippen molar-refractivity contribution in [1.29, 1.82) is 0 Å². The Morgan fingerprint density at radius 1 is 1.25 bits per heavy atom. The number of benzene rings is 1. The monoisotopic (exact) mass is 202 g/mol. The van der Waals surface area contributed by atoms with Gasteiger partial charge in [0.2, 0.25) is 0 Å². The van der Waals surface area contributed by atoms with E-state index in [4.69, 9.17) is 10.7 Å². The van der Waals surface area contributed by atoms with Crippen LogP contribution < -0.4 is 0 Å². The van der Waals surface area contributed by atoms with E-state index in [0.717, 1.165) is 35.8 Å². The molecule has 0 N–H and O–H groups in total. The van der Waals surface area contributed by atoms with E-state index < -0.39 is 0 Å². The van der Waals surface area contributed by atoms with Gasteiger partial charge in [-0.05, 0) is 64.2 Å². The van der Waals surface area contributed by atoms with E-state index in [1.807, 2.05) is 6.07 Å². The van der Waals surface area contributed by atoms with E-state index >= 15 is 0 Å². The quantitative estimate of drug-likeness (QED) is 0.671. The van der Waals surface area contributed by atoms with Crippen LogP contribution in [0.1, 0.15) is 17.5 Å². The molecule has 1 aliphatic carbocycles. The Morgan fingerprint density at radius 3 is 2.58 bits per heavy atom. The van der Waals surface area contributed by atoms with Gasteiger partial charge in [0.1, 0.15) is 5.82 Å². The number of halogens is 2. The highest BCUT2D eigenvalue weighted by Gasteiger charge is 2.14. The Hall–Kier alpha value is -0.210. The largest absolute Gasteiger partial charge is 0.206 e. The maximum absolute atomic E-state index is 13.1. The minimum absolute atomic E-state index is 0.185. The summed E-state index contributed by atoms with van der Waals surface area (Å²) in [4.78, 5) is 0.553. The molecule has 0 fully saturated rings. The maximum atomic E-state index is 13.1. The van der Waals surface area contributed by atoms with Crippen molar-refractivity contribution in [3.05, 3.63) is 29.1 Å². The molecule has 2 rings (SSSR count). The fourth-order valence-electron chi connectivity index (χ4n) is 1.63. The normalized spacial score (nSPS) is 14.8. The van der Waals surface area contributed by atoms with Gasteiger partial charge in [0, 0.05) is 0 Å². The SMILES string of the molecule is Fc1cc2c(cc1SCl)CCC2. The van der Waals surface area contributed by atoms with Gasteiger partial charge in [-0.25, -0.2) is 4.39 Å². The summed E-state index contributed by atoms with van der Waals surface area (Å²) in [6.45, 7) is 0. The van der Waals surface area contributed by atoms with Crippen LogP contribution in [0.5, 0.6) is 0 Å². The van der Waals surface area contributed by atoms with Gasteiger partial charge < -0.3 is 0 Å². The fraction of sp³-hybridized carbons (Fsp3) is 0.333. The van der Waals surface area contributed by atoms with Crippen molar-refractivity contribution in [3.63, 3.8) is 0 Å². The van der Waals surface area contributed by atoms with Crippen LogP contribution >= 0.6 is 21.7 Å². The Balaban J connectivity index is 2.49. The molecule has 0 unspecified atom stereocenters. The third-order valence-corrected chi connectivity index (χ3v) is 3.21. The molecule has 0 bridgehead atoms. The summed E-state index contributed by atoms with van der Waals surface area (Å²) < 4.78 is 13.1. The van der Waals surface area contributed by atoms with E-state index in [1.54, 1.807) is 6.07 Å². The van der Waals surface area contributed by atoms with Crippen LogP contribution in [0.25, 0.3) is 0 Å². The first-order valence-electron chi connectivity index (χ1n) is 3.91. The zero-order chi connectivity index (χ0) is 8.55. The van der Waals surface area contributed by atoms with E-state index in [1.165, 1.54) is 5.56 Å². The molecule has 0 nitrogen and oxygen atoms in total. The van der Waals surface area contributed by atoms with Gasteiger partial charge in [0.05, 0.1) is 4.90 Å². The molecule has 0 heterocycles. The molecule has 0 radical (unpaired) electrons. The average Bonchev–Trinajstić information content (AvgIpc) is 2.49. The molecular weight excluding hydrogens is 195 g/mol. The number of fused-ring (bicyclic) bond motifs is 1. The summed E-state index contributed by atoms with van der Waals surface area (Å²) in [7, 11) is 6.47. The molecule has 0 aromatic heterocycles. The van der Waals surface area contributed by atoms with Gasteiger partial charge in [0.15, 0.2) is 0 Å². The Labute approximate surface area is 79.6 Å². The van der Waals surface area contributed by atoms with E-state index in [-0.39, 0.29) is 5.82 Å². The number of hydrogen-bond donors (Lipinski definition) is 0. The number of hydrogen-bond acceptors (Lipinski definition) is 1. The highest BCUT2D eigenvalue weighted by molar-refractivity contribution is 8.21. The molecule has 12 heavy (non-hydrogen) atoms. The van der Waals surface area contributed by atoms with Crippen LogP contribution in [0.3, 0.4) is 0 Å². The molecule has 1 aliphatic rings. The van der Waals surface area contributed by atoms with Crippen molar-refractivity contribution in [3.8, 4) is 0 Å². The van der Waals surface area contributed by atoms with Gasteiger partial charge in [-0.1, -0.05) is 0 Å². The lowest BCUT2D eigenvalue weighted by atomic mass is 10.1. The lowest BCUT2D eigenvalue weighted by Gasteiger charge is -2.02. The van der Waals surface area contributed by atoms with Crippen molar-refractivity contribution in [2.75, 3.05) is 0 Å². The summed E-state index contributed by atoms with van der Waals surface area (Å²) in [5.41, 5.74) is 2.42. The first-order valence-corrected chi connectivity index (χ1v) is 5.55. The third kappa shape index (κ3) is 1.34. The van der Waals surface area contributed by atoms with E-state index in [2.05, 4.69) is 0 Å². The summed E-state index contributed by atoms with van der Waals surface area (Å²) >= 11 is 0. The smallest absolute Gasteiger partial charge is 0.138 e. The molecule has 64 valence electrons.